The van der Waals surface area contributed by atoms with Gasteiger partial charge in [-0.1, -0.05) is 24.3 Å². The van der Waals surface area contributed by atoms with E-state index in [9.17, 15) is 4.79 Å². The van der Waals surface area contributed by atoms with E-state index in [0.29, 0.717) is 17.2 Å². The maximum absolute atomic E-state index is 13.5. The number of imidazole rings is 1. The van der Waals surface area contributed by atoms with Crippen LogP contribution in [0.2, 0.25) is 0 Å². The zero-order valence-electron chi connectivity index (χ0n) is 20.3. The van der Waals surface area contributed by atoms with Gasteiger partial charge in [0.25, 0.3) is 0 Å². The number of hydrogen-bond acceptors (Lipinski definition) is 6. The van der Waals surface area contributed by atoms with Gasteiger partial charge in [0.15, 0.2) is 0 Å². The summed E-state index contributed by atoms with van der Waals surface area (Å²) in [5, 5.41) is 3.44. The summed E-state index contributed by atoms with van der Waals surface area (Å²) in [4.78, 5) is 20.5. The van der Waals surface area contributed by atoms with Gasteiger partial charge in [0.2, 0.25) is 5.95 Å². The fourth-order valence-corrected chi connectivity index (χ4v) is 4.52. The summed E-state index contributed by atoms with van der Waals surface area (Å²) < 4.78 is 13.0. The summed E-state index contributed by atoms with van der Waals surface area (Å²) >= 11 is 0. The lowest BCUT2D eigenvalue weighted by molar-refractivity contribution is -0.138. The van der Waals surface area contributed by atoms with Crippen LogP contribution in [-0.2, 0) is 9.53 Å². The zero-order chi connectivity index (χ0) is 24.5. The quantitative estimate of drug-likeness (QED) is 0.397. The summed E-state index contributed by atoms with van der Waals surface area (Å²) in [6, 6.07) is 23.4. The lowest BCUT2D eigenvalue weighted by atomic mass is 9.92. The van der Waals surface area contributed by atoms with E-state index in [-0.39, 0.29) is 12.6 Å². The highest BCUT2D eigenvalue weighted by molar-refractivity contribution is 6.03. The Morgan fingerprint density at radius 2 is 1.74 bits per heavy atom. The Morgan fingerprint density at radius 1 is 1.03 bits per heavy atom. The molecule has 4 aromatic rings. The number of benzene rings is 3. The van der Waals surface area contributed by atoms with E-state index in [4.69, 9.17) is 14.5 Å². The molecule has 5 rings (SSSR count). The lowest BCUT2D eigenvalue weighted by Crippen LogP contribution is -2.29. The summed E-state index contributed by atoms with van der Waals surface area (Å²) in [5.74, 6) is 1.05. The van der Waals surface area contributed by atoms with Gasteiger partial charge in [-0.15, -0.1) is 0 Å². The first-order chi connectivity index (χ1) is 17.0. The fourth-order valence-electron chi connectivity index (χ4n) is 4.52. The Bertz CT molecular complexity index is 1400. The van der Waals surface area contributed by atoms with E-state index in [1.165, 1.54) is 0 Å². The largest absolute Gasteiger partial charge is 0.497 e. The maximum atomic E-state index is 13.5. The minimum absolute atomic E-state index is 0.280. The van der Waals surface area contributed by atoms with Crippen LogP contribution in [0.3, 0.4) is 0 Å². The zero-order valence-corrected chi connectivity index (χ0v) is 20.3. The molecule has 0 spiro atoms. The minimum Gasteiger partial charge on any atom is -0.497 e. The van der Waals surface area contributed by atoms with E-state index < -0.39 is 6.04 Å². The van der Waals surface area contributed by atoms with Gasteiger partial charge in [0.05, 0.1) is 42.1 Å². The molecule has 0 fully saturated rings. The van der Waals surface area contributed by atoms with Crippen LogP contribution in [-0.4, -0.2) is 43.3 Å². The Hall–Kier alpha value is -4.26. The summed E-state index contributed by atoms with van der Waals surface area (Å²) in [6.45, 7) is 2.10. The number of fused-ring (bicyclic) bond motifs is 3. The normalized spacial score (nSPS) is 14.9. The van der Waals surface area contributed by atoms with Crippen LogP contribution >= 0.6 is 0 Å². The van der Waals surface area contributed by atoms with E-state index >= 15 is 0 Å². The van der Waals surface area contributed by atoms with Crippen molar-refractivity contribution in [3.63, 3.8) is 0 Å². The molecule has 1 N–H and O–H groups in total. The number of aromatic nitrogens is 2. The highest BCUT2D eigenvalue weighted by Gasteiger charge is 2.36. The maximum Gasteiger partial charge on any atom is 0.338 e. The van der Waals surface area contributed by atoms with Crippen molar-refractivity contribution in [1.29, 1.82) is 0 Å². The first kappa shape index (κ1) is 22.5. The van der Waals surface area contributed by atoms with E-state index in [1.54, 1.807) is 7.11 Å². The lowest BCUT2D eigenvalue weighted by Gasteiger charge is -2.31. The van der Waals surface area contributed by atoms with E-state index in [1.807, 2.05) is 69.6 Å². The smallest absolute Gasteiger partial charge is 0.338 e. The average Bonchev–Trinajstić information content (AvgIpc) is 3.26. The first-order valence-corrected chi connectivity index (χ1v) is 11.6. The minimum atomic E-state index is -0.425. The average molecular weight is 469 g/mol. The number of nitrogens with zero attached hydrogens (tertiary/aromatic N) is 3. The summed E-state index contributed by atoms with van der Waals surface area (Å²) in [5.41, 5.74) is 5.89. The molecule has 3 aromatic carbocycles. The van der Waals surface area contributed by atoms with Crippen molar-refractivity contribution < 1.29 is 14.3 Å². The van der Waals surface area contributed by atoms with Crippen molar-refractivity contribution in [2.45, 2.75) is 13.0 Å². The molecule has 0 radical (unpaired) electrons. The topological polar surface area (TPSA) is 68.6 Å². The molecule has 1 aromatic heterocycles. The molecule has 7 heteroatoms. The molecule has 1 aliphatic heterocycles. The Morgan fingerprint density at radius 3 is 2.40 bits per heavy atom. The molecule has 0 bridgehead atoms. The number of rotatable bonds is 6. The molecule has 178 valence electrons. The number of para-hydroxylation sites is 2. The van der Waals surface area contributed by atoms with Gasteiger partial charge in [-0.2, -0.15) is 0 Å². The fraction of sp³-hybridized carbons (Fsp3) is 0.214. The molecule has 1 aliphatic rings. The number of esters is 1. The Kier molecular flexibility index (Phi) is 5.91. The van der Waals surface area contributed by atoms with Crippen molar-refractivity contribution in [2.24, 2.45) is 0 Å². The van der Waals surface area contributed by atoms with Crippen LogP contribution < -0.4 is 15.0 Å². The second-order valence-electron chi connectivity index (χ2n) is 8.55. The number of ether oxygens (including phenoxy) is 2. The van der Waals surface area contributed by atoms with Crippen LogP contribution in [0.15, 0.2) is 78.4 Å². The number of nitrogens with one attached hydrogen (secondary N) is 1. The monoisotopic (exact) mass is 468 g/mol. The molecule has 0 saturated carbocycles. The van der Waals surface area contributed by atoms with Gasteiger partial charge in [-0.25, -0.2) is 9.78 Å². The number of carbonyl (C=O) groups is 1. The van der Waals surface area contributed by atoms with Crippen LogP contribution in [0, 0.1) is 0 Å². The van der Waals surface area contributed by atoms with Crippen molar-refractivity contribution in [3.05, 3.63) is 89.5 Å². The van der Waals surface area contributed by atoms with Crippen molar-refractivity contribution >= 4 is 34.3 Å². The van der Waals surface area contributed by atoms with Gasteiger partial charge in [0.1, 0.15) is 5.75 Å². The van der Waals surface area contributed by atoms with E-state index in [2.05, 4.69) is 39.0 Å². The van der Waals surface area contributed by atoms with Gasteiger partial charge < -0.3 is 19.7 Å². The van der Waals surface area contributed by atoms with Crippen LogP contribution in [0.1, 0.15) is 24.1 Å². The second kappa shape index (κ2) is 9.18. The molecule has 0 aliphatic carbocycles. The Balaban J connectivity index is 1.78. The molecule has 2 heterocycles. The number of methoxy groups -OCH3 is 1. The summed E-state index contributed by atoms with van der Waals surface area (Å²) in [7, 11) is 5.65. The van der Waals surface area contributed by atoms with Crippen LogP contribution in [0.25, 0.3) is 16.7 Å². The van der Waals surface area contributed by atoms with Crippen molar-refractivity contribution in [2.75, 3.05) is 38.0 Å². The van der Waals surface area contributed by atoms with Gasteiger partial charge in [0, 0.05) is 19.8 Å². The SMILES string of the molecule is CCOC(=O)C1=C(c2ccc(OC)cc2)Nc2nc3ccccc3n2[C@H]1c1ccc(N(C)C)cc1. The third kappa shape index (κ3) is 3.99. The molecular weight excluding hydrogens is 440 g/mol. The second-order valence-corrected chi connectivity index (χ2v) is 8.55. The standard InChI is InChI=1S/C28H28N4O3/c1-5-35-27(33)24-25(18-12-16-21(34-4)17-13-18)30-28-29-22-8-6-7-9-23(22)32(28)26(24)19-10-14-20(15-11-19)31(2)3/h6-17,26H,5H2,1-4H3,(H,29,30)/t26-/m0/s1. The first-order valence-electron chi connectivity index (χ1n) is 11.6. The molecule has 7 nitrogen and oxygen atoms in total. The third-order valence-corrected chi connectivity index (χ3v) is 6.23. The molecule has 0 unspecified atom stereocenters. The molecule has 35 heavy (non-hydrogen) atoms. The number of hydrogen-bond donors (Lipinski definition) is 1. The van der Waals surface area contributed by atoms with Gasteiger partial charge in [-0.05, 0) is 66.6 Å². The molecule has 1 atom stereocenters. The predicted molar refractivity (Wildman–Crippen MR) is 139 cm³/mol. The predicted octanol–water partition coefficient (Wildman–Crippen LogP) is 5.10. The van der Waals surface area contributed by atoms with Crippen molar-refractivity contribution in [1.82, 2.24) is 9.55 Å². The van der Waals surface area contributed by atoms with E-state index in [0.717, 1.165) is 33.6 Å². The van der Waals surface area contributed by atoms with Crippen LogP contribution in [0.5, 0.6) is 5.75 Å². The van der Waals surface area contributed by atoms with Crippen molar-refractivity contribution in [3.8, 4) is 5.75 Å². The highest BCUT2D eigenvalue weighted by Crippen LogP contribution is 2.42. The number of carbonyl (C=O) groups excluding carboxylic acids is 1. The summed E-state index contributed by atoms with van der Waals surface area (Å²) in [6.07, 6.45) is 0. The van der Waals surface area contributed by atoms with Gasteiger partial charge >= 0.3 is 5.97 Å². The Labute approximate surface area is 204 Å². The number of anilines is 2. The molecule has 0 amide bonds. The van der Waals surface area contributed by atoms with Gasteiger partial charge in [-0.3, -0.25) is 4.57 Å². The highest BCUT2D eigenvalue weighted by atomic mass is 16.5. The van der Waals surface area contributed by atoms with Crippen LogP contribution in [0.4, 0.5) is 11.6 Å². The molecular formula is C28H28N4O3. The molecule has 0 saturated heterocycles. The third-order valence-electron chi connectivity index (χ3n) is 6.23.